The molecule has 0 saturated heterocycles. The molecule has 7 nitrogen and oxygen atoms in total. The van der Waals surface area contributed by atoms with E-state index in [4.69, 9.17) is 21.7 Å². The molecule has 0 unspecified atom stereocenters. The number of hydrazine groups is 1. The average Bonchev–Trinajstić information content (AvgIpc) is 3.19. The maximum atomic E-state index is 12.3. The van der Waals surface area contributed by atoms with Crippen molar-refractivity contribution in [1.82, 2.24) is 16.2 Å². The van der Waals surface area contributed by atoms with Crippen LogP contribution in [0.25, 0.3) is 0 Å². The van der Waals surface area contributed by atoms with Gasteiger partial charge in [0.15, 0.2) is 16.6 Å². The number of benzene rings is 2. The molecule has 146 valence electrons. The molecular weight excluding hydrogens is 376 g/mol. The summed E-state index contributed by atoms with van der Waals surface area (Å²) in [6.45, 7) is 1.92. The zero-order valence-corrected chi connectivity index (χ0v) is 16.2. The maximum Gasteiger partial charge on any atom is 0.257 e. The van der Waals surface area contributed by atoms with Crippen molar-refractivity contribution in [2.24, 2.45) is 0 Å². The SMILES string of the molecule is O=C(CN1CCCc2ccccc21)NNC(=S)NCc1ccc2c(c1)OCO2. The first-order chi connectivity index (χ1) is 13.7. The van der Waals surface area contributed by atoms with Crippen LogP contribution in [0.2, 0.25) is 0 Å². The van der Waals surface area contributed by atoms with Crippen LogP contribution in [0.3, 0.4) is 0 Å². The topological polar surface area (TPSA) is 74.9 Å². The Morgan fingerprint density at radius 1 is 1.11 bits per heavy atom. The van der Waals surface area contributed by atoms with Gasteiger partial charge in [-0.15, -0.1) is 0 Å². The van der Waals surface area contributed by atoms with Crippen LogP contribution in [0.15, 0.2) is 42.5 Å². The molecule has 0 atom stereocenters. The summed E-state index contributed by atoms with van der Waals surface area (Å²) in [7, 11) is 0. The Morgan fingerprint density at radius 2 is 1.96 bits per heavy atom. The first kappa shape index (κ1) is 18.4. The van der Waals surface area contributed by atoms with E-state index < -0.39 is 0 Å². The number of ether oxygens (including phenoxy) is 2. The zero-order valence-electron chi connectivity index (χ0n) is 15.4. The van der Waals surface area contributed by atoms with Gasteiger partial charge < -0.3 is 19.7 Å². The van der Waals surface area contributed by atoms with Crippen LogP contribution in [0.1, 0.15) is 17.5 Å². The second kappa shape index (κ2) is 8.35. The largest absolute Gasteiger partial charge is 0.454 e. The Bertz CT molecular complexity index is 890. The van der Waals surface area contributed by atoms with Gasteiger partial charge in [0.2, 0.25) is 6.79 Å². The number of aryl methyl sites for hydroxylation is 1. The number of hydrogen-bond acceptors (Lipinski definition) is 5. The summed E-state index contributed by atoms with van der Waals surface area (Å²) in [5.74, 6) is 1.34. The van der Waals surface area contributed by atoms with Gasteiger partial charge in [0.25, 0.3) is 5.91 Å². The number of para-hydroxylation sites is 1. The number of fused-ring (bicyclic) bond motifs is 2. The minimum absolute atomic E-state index is 0.135. The third-order valence-corrected chi connectivity index (χ3v) is 4.99. The zero-order chi connectivity index (χ0) is 19.3. The van der Waals surface area contributed by atoms with E-state index in [1.165, 1.54) is 5.56 Å². The molecule has 0 saturated carbocycles. The second-order valence-corrected chi connectivity index (χ2v) is 7.11. The first-order valence-corrected chi connectivity index (χ1v) is 9.64. The summed E-state index contributed by atoms with van der Waals surface area (Å²) < 4.78 is 10.7. The molecule has 4 rings (SSSR count). The van der Waals surface area contributed by atoms with Crippen molar-refractivity contribution in [1.29, 1.82) is 0 Å². The Morgan fingerprint density at radius 3 is 2.89 bits per heavy atom. The second-order valence-electron chi connectivity index (χ2n) is 6.70. The van der Waals surface area contributed by atoms with Crippen molar-refractivity contribution < 1.29 is 14.3 Å². The van der Waals surface area contributed by atoms with Crippen LogP contribution < -0.4 is 30.5 Å². The van der Waals surface area contributed by atoms with Crippen LogP contribution in [0, 0.1) is 0 Å². The molecule has 2 heterocycles. The van der Waals surface area contributed by atoms with Crippen LogP contribution in [-0.4, -0.2) is 30.9 Å². The Hall–Kier alpha value is -3.00. The van der Waals surface area contributed by atoms with Gasteiger partial charge in [-0.25, -0.2) is 0 Å². The predicted octanol–water partition coefficient (Wildman–Crippen LogP) is 1.86. The monoisotopic (exact) mass is 398 g/mol. The van der Waals surface area contributed by atoms with Gasteiger partial charge in [-0.1, -0.05) is 24.3 Å². The average molecular weight is 398 g/mol. The van der Waals surface area contributed by atoms with Crippen LogP contribution in [-0.2, 0) is 17.8 Å². The van der Waals surface area contributed by atoms with Crippen molar-refractivity contribution in [2.75, 3.05) is 24.8 Å². The number of carbonyl (C=O) groups excluding carboxylic acids is 1. The predicted molar refractivity (Wildman–Crippen MR) is 110 cm³/mol. The van der Waals surface area contributed by atoms with Crippen LogP contribution in [0.4, 0.5) is 5.69 Å². The Labute approximate surface area is 169 Å². The fourth-order valence-electron chi connectivity index (χ4n) is 3.39. The van der Waals surface area contributed by atoms with Gasteiger partial charge in [0.1, 0.15) is 0 Å². The van der Waals surface area contributed by atoms with Gasteiger partial charge in [-0.05, 0) is 54.4 Å². The van der Waals surface area contributed by atoms with E-state index in [1.807, 2.05) is 30.3 Å². The number of hydrogen-bond donors (Lipinski definition) is 3. The summed E-state index contributed by atoms with van der Waals surface area (Å²) in [6.07, 6.45) is 2.10. The lowest BCUT2D eigenvalue weighted by Gasteiger charge is -2.30. The van der Waals surface area contributed by atoms with Gasteiger partial charge in [0, 0.05) is 18.8 Å². The summed E-state index contributed by atoms with van der Waals surface area (Å²) in [5.41, 5.74) is 8.84. The van der Waals surface area contributed by atoms with Crippen LogP contribution in [0.5, 0.6) is 11.5 Å². The minimum Gasteiger partial charge on any atom is -0.454 e. The highest BCUT2D eigenvalue weighted by Crippen LogP contribution is 2.32. The fraction of sp³-hybridized carbons (Fsp3) is 0.300. The smallest absolute Gasteiger partial charge is 0.257 e. The Kier molecular flexibility index (Phi) is 5.48. The quantitative estimate of drug-likeness (QED) is 0.536. The van der Waals surface area contributed by atoms with E-state index >= 15 is 0 Å². The molecule has 28 heavy (non-hydrogen) atoms. The number of rotatable bonds is 4. The first-order valence-electron chi connectivity index (χ1n) is 9.23. The van der Waals surface area contributed by atoms with Crippen molar-refractivity contribution >= 4 is 28.9 Å². The number of nitrogens with one attached hydrogen (secondary N) is 3. The highest BCUT2D eigenvalue weighted by molar-refractivity contribution is 7.80. The Balaban J connectivity index is 1.22. The van der Waals surface area contributed by atoms with Crippen molar-refractivity contribution in [3.8, 4) is 11.5 Å². The number of thiocarbonyl (C=S) groups is 1. The summed E-state index contributed by atoms with van der Waals surface area (Å²) >= 11 is 5.23. The lowest BCUT2D eigenvalue weighted by atomic mass is 10.0. The van der Waals surface area contributed by atoms with Crippen LogP contribution >= 0.6 is 12.2 Å². The lowest BCUT2D eigenvalue weighted by molar-refractivity contribution is -0.120. The van der Waals surface area contributed by atoms with Crippen molar-refractivity contribution in [3.63, 3.8) is 0 Å². The molecule has 3 N–H and O–H groups in total. The van der Waals surface area contributed by atoms with Gasteiger partial charge in [-0.2, -0.15) is 0 Å². The molecule has 2 aromatic rings. The normalized spacial score (nSPS) is 14.2. The molecule has 1 amide bonds. The molecule has 0 aliphatic carbocycles. The molecule has 0 aromatic heterocycles. The standard InChI is InChI=1S/C20H22N4O3S/c25-19(12-24-9-3-5-15-4-1-2-6-16(15)24)22-23-20(28)21-11-14-7-8-17-18(10-14)27-13-26-17/h1-2,4,6-8,10H,3,5,9,11-13H2,(H,22,25)(H2,21,23,28). The van der Waals surface area contributed by atoms with Gasteiger partial charge in [-0.3, -0.25) is 15.6 Å². The third kappa shape index (κ3) is 4.28. The summed E-state index contributed by atoms with van der Waals surface area (Å²) in [4.78, 5) is 14.4. The fourth-order valence-corrected chi connectivity index (χ4v) is 3.52. The molecule has 0 radical (unpaired) electrons. The molecule has 8 heteroatoms. The van der Waals surface area contributed by atoms with E-state index in [9.17, 15) is 4.79 Å². The van der Waals surface area contributed by atoms with Gasteiger partial charge in [0.05, 0.1) is 6.54 Å². The third-order valence-electron chi connectivity index (χ3n) is 4.75. The van der Waals surface area contributed by atoms with E-state index in [0.717, 1.165) is 42.1 Å². The molecule has 2 aliphatic rings. The molecular formula is C20H22N4O3S. The summed E-state index contributed by atoms with van der Waals surface area (Å²) in [5, 5.41) is 3.41. The molecule has 2 aromatic carbocycles. The lowest BCUT2D eigenvalue weighted by Crippen LogP contribution is -2.50. The molecule has 2 aliphatic heterocycles. The van der Waals surface area contributed by atoms with Crippen molar-refractivity contribution in [3.05, 3.63) is 53.6 Å². The number of amides is 1. The van der Waals surface area contributed by atoms with E-state index in [0.29, 0.717) is 11.7 Å². The molecule has 0 fully saturated rings. The number of nitrogens with zero attached hydrogens (tertiary/aromatic N) is 1. The minimum atomic E-state index is -0.135. The van der Waals surface area contributed by atoms with Gasteiger partial charge >= 0.3 is 0 Å². The van der Waals surface area contributed by atoms with E-state index in [2.05, 4.69) is 33.2 Å². The highest BCUT2D eigenvalue weighted by atomic mass is 32.1. The number of anilines is 1. The van der Waals surface area contributed by atoms with Crippen molar-refractivity contribution in [2.45, 2.75) is 19.4 Å². The van der Waals surface area contributed by atoms with E-state index in [-0.39, 0.29) is 19.2 Å². The number of carbonyl (C=O) groups is 1. The van der Waals surface area contributed by atoms with E-state index in [1.54, 1.807) is 0 Å². The molecule has 0 spiro atoms. The molecule has 0 bridgehead atoms. The highest BCUT2D eigenvalue weighted by Gasteiger charge is 2.18. The summed E-state index contributed by atoms with van der Waals surface area (Å²) in [6, 6.07) is 13.9. The maximum absolute atomic E-state index is 12.3.